The van der Waals surface area contributed by atoms with Crippen LogP contribution in [0.25, 0.3) is 0 Å². The fraction of sp³-hybridized carbons (Fsp3) is 0.438. The molecule has 1 atom stereocenters. The van der Waals surface area contributed by atoms with Crippen LogP contribution in [0, 0.1) is 5.82 Å². The van der Waals surface area contributed by atoms with Gasteiger partial charge in [-0.3, -0.25) is 0 Å². The Hall–Kier alpha value is -0.780. The van der Waals surface area contributed by atoms with Crippen molar-refractivity contribution in [1.82, 2.24) is 10.3 Å². The van der Waals surface area contributed by atoms with Crippen molar-refractivity contribution in [3.8, 4) is 0 Å². The van der Waals surface area contributed by atoms with Crippen molar-refractivity contribution in [1.29, 1.82) is 0 Å². The van der Waals surface area contributed by atoms with Crippen LogP contribution in [0.4, 0.5) is 4.39 Å². The van der Waals surface area contributed by atoms with Gasteiger partial charge in [0.25, 0.3) is 0 Å². The van der Waals surface area contributed by atoms with E-state index in [1.54, 1.807) is 23.5 Å². The van der Waals surface area contributed by atoms with Crippen LogP contribution in [0.2, 0.25) is 0 Å². The highest BCUT2D eigenvalue weighted by atomic mass is 79.9. The molecule has 2 aromatic rings. The minimum atomic E-state index is -0.212. The molecule has 1 saturated carbocycles. The molecule has 21 heavy (non-hydrogen) atoms. The summed E-state index contributed by atoms with van der Waals surface area (Å²) in [5.41, 5.74) is 2.02. The molecule has 5 heteroatoms. The quantitative estimate of drug-likeness (QED) is 0.802. The van der Waals surface area contributed by atoms with Crippen molar-refractivity contribution in [2.24, 2.45) is 0 Å². The molecule has 0 bridgehead atoms. The number of rotatable bonds is 5. The summed E-state index contributed by atoms with van der Waals surface area (Å²) in [4.78, 5) is 4.75. The van der Waals surface area contributed by atoms with Gasteiger partial charge in [-0.15, -0.1) is 11.3 Å². The molecule has 1 aliphatic carbocycles. The molecule has 1 heterocycles. The predicted octanol–water partition coefficient (Wildman–Crippen LogP) is 5.01. The molecule has 1 aromatic carbocycles. The lowest BCUT2D eigenvalue weighted by Gasteiger charge is -2.18. The first-order chi connectivity index (χ1) is 10.0. The van der Waals surface area contributed by atoms with Crippen molar-refractivity contribution in [2.45, 2.75) is 44.7 Å². The Morgan fingerprint density at radius 1 is 1.38 bits per heavy atom. The van der Waals surface area contributed by atoms with E-state index in [2.05, 4.69) is 40.5 Å². The standard InChI is InChI=1S/C16H18BrFN2S/c1-9(2)14-8-21-16(20-14)15(19-11-4-5-11)12-7-10(18)3-6-13(12)17/h3,6-9,11,15,19H,4-5H2,1-2H3. The topological polar surface area (TPSA) is 24.9 Å². The Morgan fingerprint density at radius 2 is 2.14 bits per heavy atom. The van der Waals surface area contributed by atoms with Crippen LogP contribution >= 0.6 is 27.3 Å². The van der Waals surface area contributed by atoms with Gasteiger partial charge in [-0.25, -0.2) is 9.37 Å². The van der Waals surface area contributed by atoms with Gasteiger partial charge in [0.15, 0.2) is 0 Å². The smallest absolute Gasteiger partial charge is 0.123 e. The maximum Gasteiger partial charge on any atom is 0.123 e. The van der Waals surface area contributed by atoms with Crippen LogP contribution in [-0.2, 0) is 0 Å². The van der Waals surface area contributed by atoms with E-state index in [1.807, 2.05) is 0 Å². The molecule has 0 saturated heterocycles. The second-order valence-corrected chi connectivity index (χ2v) is 7.55. The van der Waals surface area contributed by atoms with Crippen LogP contribution in [0.1, 0.15) is 54.9 Å². The van der Waals surface area contributed by atoms with Crippen LogP contribution in [-0.4, -0.2) is 11.0 Å². The third-order valence-corrected chi connectivity index (χ3v) is 5.28. The number of halogens is 2. The lowest BCUT2D eigenvalue weighted by Crippen LogP contribution is -2.25. The first-order valence-corrected chi connectivity index (χ1v) is 8.88. The zero-order chi connectivity index (χ0) is 15.0. The zero-order valence-electron chi connectivity index (χ0n) is 12.1. The van der Waals surface area contributed by atoms with E-state index >= 15 is 0 Å². The first kappa shape index (κ1) is 15.1. The largest absolute Gasteiger partial charge is 0.301 e. The number of nitrogens with zero attached hydrogens (tertiary/aromatic N) is 1. The summed E-state index contributed by atoms with van der Waals surface area (Å²) in [5.74, 6) is 0.198. The molecule has 0 aliphatic heterocycles. The van der Waals surface area contributed by atoms with E-state index in [0.717, 1.165) is 20.7 Å². The molecule has 1 aromatic heterocycles. The molecule has 1 aliphatic rings. The van der Waals surface area contributed by atoms with Crippen molar-refractivity contribution in [3.63, 3.8) is 0 Å². The van der Waals surface area contributed by atoms with Gasteiger partial charge in [-0.05, 0) is 42.5 Å². The highest BCUT2D eigenvalue weighted by Gasteiger charge is 2.29. The second-order valence-electron chi connectivity index (χ2n) is 5.81. The monoisotopic (exact) mass is 368 g/mol. The van der Waals surface area contributed by atoms with E-state index < -0.39 is 0 Å². The minimum absolute atomic E-state index is 0.0416. The molecule has 1 fully saturated rings. The van der Waals surface area contributed by atoms with E-state index in [4.69, 9.17) is 4.98 Å². The lowest BCUT2D eigenvalue weighted by molar-refractivity contribution is 0.580. The average molecular weight is 369 g/mol. The molecule has 1 unspecified atom stereocenters. The third kappa shape index (κ3) is 3.52. The molecule has 2 nitrogen and oxygen atoms in total. The van der Waals surface area contributed by atoms with Gasteiger partial charge in [-0.2, -0.15) is 0 Å². The number of benzene rings is 1. The summed E-state index contributed by atoms with van der Waals surface area (Å²) in [5, 5.41) is 6.71. The van der Waals surface area contributed by atoms with Gasteiger partial charge in [-0.1, -0.05) is 29.8 Å². The Labute approximate surface area is 136 Å². The van der Waals surface area contributed by atoms with E-state index in [9.17, 15) is 4.39 Å². The highest BCUT2D eigenvalue weighted by Crippen LogP contribution is 2.35. The highest BCUT2D eigenvalue weighted by molar-refractivity contribution is 9.10. The molecule has 0 radical (unpaired) electrons. The lowest BCUT2D eigenvalue weighted by atomic mass is 10.1. The molecule has 3 rings (SSSR count). The van der Waals surface area contributed by atoms with Crippen LogP contribution in [0.5, 0.6) is 0 Å². The van der Waals surface area contributed by atoms with Gasteiger partial charge in [0.1, 0.15) is 10.8 Å². The number of aromatic nitrogens is 1. The van der Waals surface area contributed by atoms with Gasteiger partial charge in [0.05, 0.1) is 11.7 Å². The van der Waals surface area contributed by atoms with E-state index in [-0.39, 0.29) is 11.9 Å². The van der Waals surface area contributed by atoms with E-state index in [0.29, 0.717) is 12.0 Å². The van der Waals surface area contributed by atoms with Crippen molar-refractivity contribution >= 4 is 27.3 Å². The number of nitrogens with one attached hydrogen (secondary N) is 1. The fourth-order valence-corrected chi connectivity index (χ4v) is 3.75. The second kappa shape index (κ2) is 6.15. The molecule has 0 amide bonds. The Morgan fingerprint density at radius 3 is 2.76 bits per heavy atom. The van der Waals surface area contributed by atoms with Gasteiger partial charge >= 0.3 is 0 Å². The number of hydrogen-bond donors (Lipinski definition) is 1. The zero-order valence-corrected chi connectivity index (χ0v) is 14.5. The molecular formula is C16H18BrFN2S. The van der Waals surface area contributed by atoms with Crippen molar-refractivity contribution in [2.75, 3.05) is 0 Å². The van der Waals surface area contributed by atoms with Crippen LogP contribution in [0.15, 0.2) is 28.1 Å². The molecule has 112 valence electrons. The summed E-state index contributed by atoms with van der Waals surface area (Å²) >= 11 is 5.19. The summed E-state index contributed by atoms with van der Waals surface area (Å²) in [6, 6.07) is 5.32. The summed E-state index contributed by atoms with van der Waals surface area (Å²) in [7, 11) is 0. The van der Waals surface area contributed by atoms with Gasteiger partial charge in [0, 0.05) is 15.9 Å². The summed E-state index contributed by atoms with van der Waals surface area (Å²) in [6.45, 7) is 4.28. The Balaban J connectivity index is 1.97. The maximum absolute atomic E-state index is 13.6. The van der Waals surface area contributed by atoms with Crippen LogP contribution in [0.3, 0.4) is 0 Å². The SMILES string of the molecule is CC(C)c1csc(C(NC2CC2)c2cc(F)ccc2Br)n1. The Kier molecular flexibility index (Phi) is 4.43. The number of hydrogen-bond acceptors (Lipinski definition) is 3. The number of thiazole rings is 1. The normalized spacial score (nSPS) is 16.4. The fourth-order valence-electron chi connectivity index (χ4n) is 2.21. The van der Waals surface area contributed by atoms with Gasteiger partial charge in [0.2, 0.25) is 0 Å². The molecule has 1 N–H and O–H groups in total. The summed E-state index contributed by atoms with van der Waals surface area (Å²) < 4.78 is 14.6. The van der Waals surface area contributed by atoms with Crippen molar-refractivity contribution < 1.29 is 4.39 Å². The first-order valence-electron chi connectivity index (χ1n) is 7.21. The van der Waals surface area contributed by atoms with E-state index in [1.165, 1.54) is 18.9 Å². The molecule has 0 spiro atoms. The minimum Gasteiger partial charge on any atom is -0.301 e. The Bertz CT molecular complexity index is 637. The van der Waals surface area contributed by atoms with Gasteiger partial charge < -0.3 is 5.32 Å². The molecular weight excluding hydrogens is 351 g/mol. The van der Waals surface area contributed by atoms with Crippen LogP contribution < -0.4 is 5.32 Å². The average Bonchev–Trinajstić information content (AvgIpc) is 3.12. The van der Waals surface area contributed by atoms with Crippen molar-refractivity contribution in [3.05, 3.63) is 50.1 Å². The summed E-state index contributed by atoms with van der Waals surface area (Å²) in [6.07, 6.45) is 2.37. The predicted molar refractivity (Wildman–Crippen MR) is 88.3 cm³/mol. The maximum atomic E-state index is 13.6. The third-order valence-electron chi connectivity index (χ3n) is 3.63.